The molecular weight excluding hydrogens is 256 g/mol. The van der Waals surface area contributed by atoms with Crippen LogP contribution in [0.25, 0.3) is 0 Å². The molecule has 0 fully saturated rings. The quantitative estimate of drug-likeness (QED) is 0.842. The molecule has 0 saturated heterocycles. The fourth-order valence-corrected chi connectivity index (χ4v) is 2.52. The SMILES string of the molecule is COc1cc2c(cc1Cl)N(C)CC(N)(C(=O)O)C2. The summed E-state index contributed by atoms with van der Waals surface area (Å²) < 4.78 is 5.14. The van der Waals surface area contributed by atoms with Crippen LogP contribution in [0.15, 0.2) is 12.1 Å². The summed E-state index contributed by atoms with van der Waals surface area (Å²) in [5.74, 6) is -0.479. The molecule has 0 radical (unpaired) electrons. The summed E-state index contributed by atoms with van der Waals surface area (Å²) in [5, 5.41) is 9.72. The van der Waals surface area contributed by atoms with Crippen LogP contribution in [0.3, 0.4) is 0 Å². The van der Waals surface area contributed by atoms with Gasteiger partial charge in [0.1, 0.15) is 11.3 Å². The molecule has 98 valence electrons. The number of likely N-dealkylation sites (N-methyl/N-ethyl adjacent to an activating group) is 1. The fraction of sp³-hybridized carbons (Fsp3) is 0.417. The second-order valence-electron chi connectivity index (χ2n) is 4.61. The Morgan fingerprint density at radius 3 is 2.83 bits per heavy atom. The van der Waals surface area contributed by atoms with E-state index in [-0.39, 0.29) is 13.0 Å². The molecule has 18 heavy (non-hydrogen) atoms. The van der Waals surface area contributed by atoms with Gasteiger partial charge in [-0.15, -0.1) is 0 Å². The number of benzene rings is 1. The number of methoxy groups -OCH3 is 1. The molecule has 0 aromatic heterocycles. The highest BCUT2D eigenvalue weighted by Crippen LogP contribution is 2.37. The lowest BCUT2D eigenvalue weighted by atomic mass is 9.86. The Hall–Kier alpha value is -1.46. The molecule has 1 unspecified atom stereocenters. The topological polar surface area (TPSA) is 75.8 Å². The number of carboxylic acids is 1. The molecule has 1 atom stereocenters. The monoisotopic (exact) mass is 270 g/mol. The molecule has 1 aromatic rings. The largest absolute Gasteiger partial charge is 0.495 e. The van der Waals surface area contributed by atoms with Gasteiger partial charge in [0.05, 0.1) is 12.1 Å². The zero-order chi connectivity index (χ0) is 13.5. The number of ether oxygens (including phenoxy) is 1. The first kappa shape index (κ1) is 13.0. The van der Waals surface area contributed by atoms with Crippen LogP contribution in [0.2, 0.25) is 5.02 Å². The standard InChI is InChI=1S/C12H15ClN2O3/c1-15-6-12(14,11(16)17)5-7-3-10(18-2)8(13)4-9(7)15/h3-4H,5-6,14H2,1-2H3,(H,16,17). The molecule has 5 nitrogen and oxygen atoms in total. The van der Waals surface area contributed by atoms with Gasteiger partial charge in [-0.05, 0) is 17.7 Å². The van der Waals surface area contributed by atoms with Crippen molar-refractivity contribution < 1.29 is 14.6 Å². The van der Waals surface area contributed by atoms with E-state index in [0.717, 1.165) is 11.3 Å². The first-order valence-electron chi connectivity index (χ1n) is 5.47. The van der Waals surface area contributed by atoms with Gasteiger partial charge in [0.15, 0.2) is 0 Å². The second-order valence-corrected chi connectivity index (χ2v) is 5.02. The summed E-state index contributed by atoms with van der Waals surface area (Å²) >= 11 is 6.06. The molecule has 6 heteroatoms. The van der Waals surface area contributed by atoms with E-state index in [9.17, 15) is 9.90 Å². The molecule has 1 aliphatic heterocycles. The third-order valence-corrected chi connectivity index (χ3v) is 3.51. The molecule has 0 saturated carbocycles. The molecule has 3 N–H and O–H groups in total. The molecule has 0 spiro atoms. The van der Waals surface area contributed by atoms with Crippen LogP contribution in [0.1, 0.15) is 5.56 Å². The number of carboxylic acid groups (broad SMARTS) is 1. The Bertz CT molecular complexity index is 506. The van der Waals surface area contributed by atoms with E-state index >= 15 is 0 Å². The molecule has 1 aromatic carbocycles. The summed E-state index contributed by atoms with van der Waals surface area (Å²) in [6.45, 7) is 0.248. The maximum Gasteiger partial charge on any atom is 0.325 e. The van der Waals surface area contributed by atoms with Crippen molar-refractivity contribution in [3.05, 3.63) is 22.7 Å². The average molecular weight is 271 g/mol. The highest BCUT2D eigenvalue weighted by atomic mass is 35.5. The number of halogens is 1. The predicted molar refractivity (Wildman–Crippen MR) is 69.5 cm³/mol. The number of nitrogens with two attached hydrogens (primary N) is 1. The number of nitrogens with zero attached hydrogens (tertiary/aromatic N) is 1. The van der Waals surface area contributed by atoms with E-state index < -0.39 is 11.5 Å². The van der Waals surface area contributed by atoms with Crippen LogP contribution in [0.5, 0.6) is 5.75 Å². The van der Waals surface area contributed by atoms with Gasteiger partial charge in [-0.3, -0.25) is 4.79 Å². The Morgan fingerprint density at radius 1 is 1.61 bits per heavy atom. The highest BCUT2D eigenvalue weighted by Gasteiger charge is 2.40. The number of hydrogen-bond donors (Lipinski definition) is 2. The van der Waals surface area contributed by atoms with Crippen molar-refractivity contribution in [2.75, 3.05) is 25.6 Å². The van der Waals surface area contributed by atoms with E-state index in [1.165, 1.54) is 7.11 Å². The molecule has 0 aliphatic carbocycles. The lowest BCUT2D eigenvalue weighted by Gasteiger charge is -2.38. The molecular formula is C12H15ClN2O3. The zero-order valence-corrected chi connectivity index (χ0v) is 11.0. The van der Waals surface area contributed by atoms with Crippen molar-refractivity contribution in [3.8, 4) is 5.75 Å². The third-order valence-electron chi connectivity index (χ3n) is 3.22. The van der Waals surface area contributed by atoms with Gasteiger partial charge in [0.2, 0.25) is 0 Å². The second kappa shape index (κ2) is 4.33. The lowest BCUT2D eigenvalue weighted by Crippen LogP contribution is -2.59. The number of hydrogen-bond acceptors (Lipinski definition) is 4. The minimum absolute atomic E-state index is 0.248. The maximum atomic E-state index is 11.2. The third kappa shape index (κ3) is 2.00. The number of aliphatic carboxylic acids is 1. The van der Waals surface area contributed by atoms with Gasteiger partial charge in [0.25, 0.3) is 0 Å². The van der Waals surface area contributed by atoms with Crippen LogP contribution < -0.4 is 15.4 Å². The number of carbonyl (C=O) groups is 1. The minimum atomic E-state index is -1.28. The van der Waals surface area contributed by atoms with Crippen molar-refractivity contribution in [1.29, 1.82) is 0 Å². The van der Waals surface area contributed by atoms with Crippen LogP contribution in [-0.4, -0.2) is 37.3 Å². The van der Waals surface area contributed by atoms with E-state index in [1.807, 2.05) is 0 Å². The highest BCUT2D eigenvalue weighted by molar-refractivity contribution is 6.32. The molecule has 2 rings (SSSR count). The molecule has 0 amide bonds. The van der Waals surface area contributed by atoms with Gasteiger partial charge < -0.3 is 20.5 Å². The first-order chi connectivity index (χ1) is 8.37. The van der Waals surface area contributed by atoms with Gasteiger partial charge in [-0.1, -0.05) is 11.6 Å². The van der Waals surface area contributed by atoms with Gasteiger partial charge in [-0.2, -0.15) is 0 Å². The normalized spacial score (nSPS) is 22.6. The summed E-state index contributed by atoms with van der Waals surface area (Å²) in [7, 11) is 3.32. The molecule has 1 heterocycles. The lowest BCUT2D eigenvalue weighted by molar-refractivity contribution is -0.143. The van der Waals surface area contributed by atoms with Gasteiger partial charge >= 0.3 is 5.97 Å². The van der Waals surface area contributed by atoms with E-state index in [0.29, 0.717) is 10.8 Å². The maximum absolute atomic E-state index is 11.2. The van der Waals surface area contributed by atoms with E-state index in [1.54, 1.807) is 24.1 Å². The smallest absolute Gasteiger partial charge is 0.325 e. The van der Waals surface area contributed by atoms with Crippen molar-refractivity contribution in [2.24, 2.45) is 5.73 Å². The van der Waals surface area contributed by atoms with E-state index in [4.69, 9.17) is 22.1 Å². The summed E-state index contributed by atoms with van der Waals surface area (Å²) in [6, 6.07) is 3.52. The zero-order valence-electron chi connectivity index (χ0n) is 10.2. The van der Waals surface area contributed by atoms with Crippen LogP contribution in [-0.2, 0) is 11.2 Å². The number of anilines is 1. The van der Waals surface area contributed by atoms with Crippen LogP contribution in [0, 0.1) is 0 Å². The Kier molecular flexibility index (Phi) is 3.12. The van der Waals surface area contributed by atoms with Crippen LogP contribution in [0.4, 0.5) is 5.69 Å². The first-order valence-corrected chi connectivity index (χ1v) is 5.85. The molecule has 0 bridgehead atoms. The summed E-state index contributed by atoms with van der Waals surface area (Å²) in [5.41, 5.74) is 6.36. The van der Waals surface area contributed by atoms with Gasteiger partial charge in [-0.25, -0.2) is 0 Å². The minimum Gasteiger partial charge on any atom is -0.495 e. The summed E-state index contributed by atoms with van der Waals surface area (Å²) in [4.78, 5) is 13.0. The predicted octanol–water partition coefficient (Wildman–Crippen LogP) is 1.12. The van der Waals surface area contributed by atoms with Crippen LogP contribution >= 0.6 is 11.6 Å². The summed E-state index contributed by atoms with van der Waals surface area (Å²) in [6.07, 6.45) is 0.259. The van der Waals surface area contributed by atoms with Crippen molar-refractivity contribution in [3.63, 3.8) is 0 Å². The average Bonchev–Trinajstić information content (AvgIpc) is 2.29. The Balaban J connectivity index is 2.49. The van der Waals surface area contributed by atoms with E-state index in [2.05, 4.69) is 0 Å². The number of fused-ring (bicyclic) bond motifs is 1. The van der Waals surface area contributed by atoms with Crippen molar-refractivity contribution >= 4 is 23.3 Å². The molecule has 1 aliphatic rings. The van der Waals surface area contributed by atoms with Gasteiger partial charge in [0, 0.05) is 25.7 Å². The Morgan fingerprint density at radius 2 is 2.28 bits per heavy atom. The van der Waals surface area contributed by atoms with Crippen molar-refractivity contribution in [2.45, 2.75) is 12.0 Å². The number of rotatable bonds is 2. The Labute approximate surface area is 110 Å². The fourth-order valence-electron chi connectivity index (χ4n) is 2.29. The van der Waals surface area contributed by atoms with Crippen molar-refractivity contribution in [1.82, 2.24) is 0 Å².